The molecule has 0 radical (unpaired) electrons. The van der Waals surface area contributed by atoms with E-state index < -0.39 is 11.7 Å². The average molecular weight is 149 g/mol. The molecule has 0 bridgehead atoms. The van der Waals surface area contributed by atoms with E-state index in [2.05, 4.69) is 4.74 Å². The van der Waals surface area contributed by atoms with Crippen LogP contribution in [0.1, 0.15) is 20.8 Å². The second-order valence-electron chi connectivity index (χ2n) is 2.49. The topological polar surface area (TPSA) is 81.5 Å². The fourth-order valence-electron chi connectivity index (χ4n) is 0.222. The van der Waals surface area contributed by atoms with Crippen LogP contribution in [0, 0.1) is 0 Å². The van der Waals surface area contributed by atoms with Gasteiger partial charge in [-0.15, -0.1) is 0 Å². The van der Waals surface area contributed by atoms with Crippen molar-refractivity contribution in [2.24, 2.45) is 0 Å². The first-order valence-electron chi connectivity index (χ1n) is 2.80. The molecule has 4 heteroatoms. The molecule has 0 aromatic rings. The van der Waals surface area contributed by atoms with Gasteiger partial charge in [0.1, 0.15) is 5.60 Å². The Morgan fingerprint density at radius 3 is 2.10 bits per heavy atom. The minimum absolute atomic E-state index is 0. The molecular formula is C6H15NO3. The Morgan fingerprint density at radius 1 is 1.60 bits per heavy atom. The van der Waals surface area contributed by atoms with E-state index in [1.54, 1.807) is 20.8 Å². The van der Waals surface area contributed by atoms with Crippen molar-refractivity contribution in [3.05, 3.63) is 0 Å². The third-order valence-corrected chi connectivity index (χ3v) is 1.36. The average Bonchev–Trinajstić information content (AvgIpc) is 1.65. The van der Waals surface area contributed by atoms with Crippen molar-refractivity contribution in [3.8, 4) is 0 Å². The summed E-state index contributed by atoms with van der Waals surface area (Å²) < 4.78 is 4.56. The lowest BCUT2D eigenvalue weighted by molar-refractivity contribution is -0.150. The lowest BCUT2D eigenvalue weighted by Gasteiger charge is -2.25. The molecule has 0 aromatic carbocycles. The van der Waals surface area contributed by atoms with Crippen molar-refractivity contribution in [1.82, 2.24) is 6.15 Å². The third-order valence-electron chi connectivity index (χ3n) is 1.36. The molecule has 4 nitrogen and oxygen atoms in total. The first-order valence-corrected chi connectivity index (χ1v) is 2.80. The maximum Gasteiger partial charge on any atom is 0.293 e. The molecule has 1 atom stereocenters. The molecule has 4 N–H and O–H groups in total. The lowest BCUT2D eigenvalue weighted by Crippen LogP contribution is -2.36. The Morgan fingerprint density at radius 2 is 2.00 bits per heavy atom. The van der Waals surface area contributed by atoms with Crippen LogP contribution >= 0.6 is 0 Å². The van der Waals surface area contributed by atoms with E-state index >= 15 is 0 Å². The zero-order chi connectivity index (χ0) is 7.49. The fraction of sp³-hybridized carbons (Fsp3) is 0.833. The fourth-order valence-corrected chi connectivity index (χ4v) is 0.222. The smallest absolute Gasteiger partial charge is 0.293 e. The Bertz CT molecular complexity index is 101. The summed E-state index contributed by atoms with van der Waals surface area (Å²) in [6.07, 6.45) is -0.636. The zero-order valence-electron chi connectivity index (χ0n) is 6.63. The minimum Gasteiger partial charge on any atom is -0.459 e. The Hall–Kier alpha value is -0.610. The summed E-state index contributed by atoms with van der Waals surface area (Å²) >= 11 is 0. The summed E-state index contributed by atoms with van der Waals surface area (Å²) in [5, 5.41) is 8.93. The van der Waals surface area contributed by atoms with Gasteiger partial charge in [0.25, 0.3) is 6.47 Å². The van der Waals surface area contributed by atoms with Crippen LogP contribution in [0.5, 0.6) is 0 Å². The van der Waals surface area contributed by atoms with Crippen LogP contribution in [0.3, 0.4) is 0 Å². The Balaban J connectivity index is 0. The molecule has 0 saturated heterocycles. The number of ether oxygens (including phenoxy) is 1. The quantitative estimate of drug-likeness (QED) is 0.572. The number of aliphatic hydroxyl groups is 1. The minimum atomic E-state index is -0.762. The van der Waals surface area contributed by atoms with Gasteiger partial charge in [-0.1, -0.05) is 0 Å². The van der Waals surface area contributed by atoms with E-state index in [0.717, 1.165) is 0 Å². The number of aliphatic hydroxyl groups excluding tert-OH is 1. The van der Waals surface area contributed by atoms with Crippen molar-refractivity contribution in [2.75, 3.05) is 0 Å². The molecule has 1 unspecified atom stereocenters. The predicted molar refractivity (Wildman–Crippen MR) is 37.9 cm³/mol. The maximum absolute atomic E-state index is 9.79. The number of hydrogen-bond donors (Lipinski definition) is 2. The molecule has 0 aliphatic rings. The normalized spacial score (nSPS) is 13.2. The molecule has 0 aliphatic heterocycles. The van der Waals surface area contributed by atoms with Gasteiger partial charge in [-0.05, 0) is 20.8 Å². The van der Waals surface area contributed by atoms with Gasteiger partial charge in [0.2, 0.25) is 0 Å². The monoisotopic (exact) mass is 149 g/mol. The van der Waals surface area contributed by atoms with Crippen molar-refractivity contribution < 1.29 is 14.6 Å². The number of hydrogen-bond acceptors (Lipinski definition) is 4. The molecule has 0 aromatic heterocycles. The Kier molecular flexibility index (Phi) is 5.14. The van der Waals surface area contributed by atoms with Gasteiger partial charge in [-0.2, -0.15) is 0 Å². The standard InChI is InChI=1S/C6H12O3.H3N/c1-5(8)6(2,3)9-4-7;/h4-5,8H,1-3H3;1H3. The summed E-state index contributed by atoms with van der Waals surface area (Å²) in [7, 11) is 0. The second kappa shape index (κ2) is 4.24. The van der Waals surface area contributed by atoms with E-state index in [1.807, 2.05) is 0 Å². The van der Waals surface area contributed by atoms with E-state index in [0.29, 0.717) is 6.47 Å². The second-order valence-corrected chi connectivity index (χ2v) is 2.49. The Labute approximate surface area is 60.8 Å². The van der Waals surface area contributed by atoms with Gasteiger partial charge in [0.15, 0.2) is 0 Å². The highest BCUT2D eigenvalue weighted by Crippen LogP contribution is 2.12. The molecule has 0 spiro atoms. The van der Waals surface area contributed by atoms with Gasteiger partial charge >= 0.3 is 0 Å². The van der Waals surface area contributed by atoms with Gasteiger partial charge in [0.05, 0.1) is 6.10 Å². The first-order chi connectivity index (χ1) is 4.00. The highest BCUT2D eigenvalue weighted by Gasteiger charge is 2.24. The van der Waals surface area contributed by atoms with Gasteiger partial charge in [-0.25, -0.2) is 0 Å². The van der Waals surface area contributed by atoms with Gasteiger partial charge in [0, 0.05) is 0 Å². The summed E-state index contributed by atoms with van der Waals surface area (Å²) in [4.78, 5) is 9.79. The summed E-state index contributed by atoms with van der Waals surface area (Å²) in [6, 6.07) is 0. The summed E-state index contributed by atoms with van der Waals surface area (Å²) in [6.45, 7) is 5.20. The van der Waals surface area contributed by atoms with E-state index in [1.165, 1.54) is 0 Å². The summed E-state index contributed by atoms with van der Waals surface area (Å²) in [5.74, 6) is 0. The third kappa shape index (κ3) is 3.42. The zero-order valence-corrected chi connectivity index (χ0v) is 6.63. The van der Waals surface area contributed by atoms with E-state index in [-0.39, 0.29) is 6.15 Å². The van der Waals surface area contributed by atoms with E-state index in [4.69, 9.17) is 5.11 Å². The lowest BCUT2D eigenvalue weighted by atomic mass is 10.0. The molecular weight excluding hydrogens is 134 g/mol. The van der Waals surface area contributed by atoms with Gasteiger partial charge < -0.3 is 16.0 Å². The molecule has 0 heterocycles. The highest BCUT2D eigenvalue weighted by atomic mass is 16.5. The van der Waals surface area contributed by atoms with Crippen LogP contribution in [0.25, 0.3) is 0 Å². The highest BCUT2D eigenvalue weighted by molar-refractivity contribution is 5.38. The van der Waals surface area contributed by atoms with Gasteiger partial charge in [-0.3, -0.25) is 4.79 Å². The maximum atomic E-state index is 9.79. The van der Waals surface area contributed by atoms with Crippen LogP contribution < -0.4 is 6.15 Å². The molecule has 0 amide bonds. The van der Waals surface area contributed by atoms with Crippen molar-refractivity contribution in [1.29, 1.82) is 0 Å². The van der Waals surface area contributed by atoms with Crippen LogP contribution in [-0.2, 0) is 9.53 Å². The van der Waals surface area contributed by atoms with Crippen LogP contribution in [-0.4, -0.2) is 23.3 Å². The molecule has 0 aliphatic carbocycles. The number of rotatable bonds is 3. The van der Waals surface area contributed by atoms with Crippen molar-refractivity contribution in [2.45, 2.75) is 32.5 Å². The number of carbonyl (C=O) groups excluding carboxylic acids is 1. The predicted octanol–water partition coefficient (Wildman–Crippen LogP) is 0.481. The van der Waals surface area contributed by atoms with Crippen LogP contribution in [0.15, 0.2) is 0 Å². The molecule has 62 valence electrons. The SMILES string of the molecule is CC(O)C(C)(C)OC=O.N. The molecule has 0 fully saturated rings. The van der Waals surface area contributed by atoms with Crippen molar-refractivity contribution >= 4 is 6.47 Å². The van der Waals surface area contributed by atoms with Crippen molar-refractivity contribution in [3.63, 3.8) is 0 Å². The molecule has 0 rings (SSSR count). The number of carbonyl (C=O) groups is 1. The molecule has 10 heavy (non-hydrogen) atoms. The largest absolute Gasteiger partial charge is 0.459 e. The molecule has 0 saturated carbocycles. The van der Waals surface area contributed by atoms with E-state index in [9.17, 15) is 4.79 Å². The summed E-state index contributed by atoms with van der Waals surface area (Å²) in [5.41, 5.74) is -0.762. The van der Waals surface area contributed by atoms with Crippen LogP contribution in [0.4, 0.5) is 0 Å². The first kappa shape index (κ1) is 12.1. The van der Waals surface area contributed by atoms with Crippen LogP contribution in [0.2, 0.25) is 0 Å².